The molecule has 0 spiro atoms. The van der Waals surface area contributed by atoms with Gasteiger partial charge in [-0.05, 0) is 32.0 Å². The largest absolute Gasteiger partial charge is 0.330 e. The Balaban J connectivity index is 2.99. The molecule has 0 amide bonds. The monoisotopic (exact) mass is 288 g/mol. The Kier molecular flexibility index (Phi) is 5.52. The summed E-state index contributed by atoms with van der Waals surface area (Å²) in [6.07, 6.45) is 0.715. The van der Waals surface area contributed by atoms with Crippen molar-refractivity contribution in [1.82, 2.24) is 4.31 Å². The topological polar surface area (TPSA) is 63.4 Å². The Morgan fingerprint density at radius 2 is 2.17 bits per heavy atom. The molecule has 1 aromatic rings. The Morgan fingerprint density at radius 1 is 1.50 bits per heavy atom. The molecule has 1 rings (SSSR count). The molecule has 0 atom stereocenters. The predicted molar refractivity (Wildman–Crippen MR) is 76.3 cm³/mol. The second kappa shape index (κ2) is 6.47. The first-order chi connectivity index (χ1) is 8.41. The van der Waals surface area contributed by atoms with Crippen LogP contribution < -0.4 is 5.73 Å². The van der Waals surface area contributed by atoms with Crippen LogP contribution in [0, 0.1) is 0 Å². The SMILES string of the molecule is C=C(C)CN(CC)S(=O)(=O)c1ccc(CCN)s1. The van der Waals surface area contributed by atoms with Gasteiger partial charge in [-0.2, -0.15) is 4.31 Å². The van der Waals surface area contributed by atoms with Crippen LogP contribution in [-0.4, -0.2) is 32.4 Å². The number of rotatable bonds is 7. The van der Waals surface area contributed by atoms with E-state index < -0.39 is 10.0 Å². The van der Waals surface area contributed by atoms with Crippen LogP contribution in [0.15, 0.2) is 28.5 Å². The molecule has 6 heteroatoms. The van der Waals surface area contributed by atoms with Crippen LogP contribution >= 0.6 is 11.3 Å². The van der Waals surface area contributed by atoms with Gasteiger partial charge in [0.15, 0.2) is 0 Å². The molecule has 2 N–H and O–H groups in total. The van der Waals surface area contributed by atoms with Gasteiger partial charge in [0, 0.05) is 18.0 Å². The first-order valence-electron chi connectivity index (χ1n) is 5.85. The Hall–Kier alpha value is -0.690. The Bertz CT molecular complexity index is 506. The second-order valence-corrected chi connectivity index (χ2v) is 7.48. The smallest absolute Gasteiger partial charge is 0.252 e. The minimum Gasteiger partial charge on any atom is -0.330 e. The molecule has 0 aliphatic carbocycles. The number of hydrogen-bond donors (Lipinski definition) is 1. The summed E-state index contributed by atoms with van der Waals surface area (Å²) in [7, 11) is -3.39. The molecule has 102 valence electrons. The molecule has 18 heavy (non-hydrogen) atoms. The lowest BCUT2D eigenvalue weighted by molar-refractivity contribution is 0.454. The van der Waals surface area contributed by atoms with Gasteiger partial charge in [0.2, 0.25) is 0 Å². The maximum atomic E-state index is 12.4. The molecular formula is C12H20N2O2S2. The van der Waals surface area contributed by atoms with Crippen molar-refractivity contribution in [2.45, 2.75) is 24.5 Å². The molecule has 0 aliphatic heterocycles. The van der Waals surface area contributed by atoms with Gasteiger partial charge in [-0.25, -0.2) is 8.42 Å². The first kappa shape index (κ1) is 15.4. The zero-order valence-electron chi connectivity index (χ0n) is 10.8. The Morgan fingerprint density at radius 3 is 2.67 bits per heavy atom. The van der Waals surface area contributed by atoms with Crippen molar-refractivity contribution in [2.75, 3.05) is 19.6 Å². The third-order valence-corrected chi connectivity index (χ3v) is 5.95. The fraction of sp³-hybridized carbons (Fsp3) is 0.500. The van der Waals surface area contributed by atoms with E-state index in [2.05, 4.69) is 6.58 Å². The summed E-state index contributed by atoms with van der Waals surface area (Å²) in [6.45, 7) is 8.76. The van der Waals surface area contributed by atoms with Crippen molar-refractivity contribution in [2.24, 2.45) is 5.73 Å². The van der Waals surface area contributed by atoms with Crippen molar-refractivity contribution in [3.05, 3.63) is 29.2 Å². The van der Waals surface area contributed by atoms with Gasteiger partial charge in [-0.1, -0.05) is 19.1 Å². The highest BCUT2D eigenvalue weighted by Gasteiger charge is 2.24. The summed E-state index contributed by atoms with van der Waals surface area (Å²) in [5.74, 6) is 0. The van der Waals surface area contributed by atoms with Gasteiger partial charge in [0.1, 0.15) is 4.21 Å². The molecule has 0 radical (unpaired) electrons. The van der Waals surface area contributed by atoms with E-state index >= 15 is 0 Å². The third-order valence-electron chi connectivity index (χ3n) is 2.42. The molecule has 0 saturated heterocycles. The number of hydrogen-bond acceptors (Lipinski definition) is 4. The molecule has 4 nitrogen and oxygen atoms in total. The quantitative estimate of drug-likeness (QED) is 0.779. The molecule has 0 fully saturated rings. The fourth-order valence-electron chi connectivity index (χ4n) is 1.57. The maximum absolute atomic E-state index is 12.4. The zero-order chi connectivity index (χ0) is 13.8. The van der Waals surface area contributed by atoms with Crippen molar-refractivity contribution in [3.63, 3.8) is 0 Å². The molecule has 0 aliphatic rings. The van der Waals surface area contributed by atoms with E-state index in [1.165, 1.54) is 15.6 Å². The van der Waals surface area contributed by atoms with Crippen LogP contribution in [0.2, 0.25) is 0 Å². The number of thiophene rings is 1. The normalized spacial score (nSPS) is 12.0. The summed E-state index contributed by atoms with van der Waals surface area (Å²) < 4.78 is 26.6. The van der Waals surface area contributed by atoms with E-state index in [9.17, 15) is 8.42 Å². The minimum absolute atomic E-state index is 0.364. The third kappa shape index (κ3) is 3.65. The number of nitrogens with two attached hydrogens (primary N) is 1. The van der Waals surface area contributed by atoms with Gasteiger partial charge >= 0.3 is 0 Å². The van der Waals surface area contributed by atoms with E-state index in [1.807, 2.05) is 19.9 Å². The van der Waals surface area contributed by atoms with Crippen LogP contribution in [0.25, 0.3) is 0 Å². The Labute approximate surface area is 113 Å². The summed E-state index contributed by atoms with van der Waals surface area (Å²) in [4.78, 5) is 1.00. The van der Waals surface area contributed by atoms with Crippen LogP contribution in [0.4, 0.5) is 0 Å². The number of likely N-dealkylation sites (N-methyl/N-ethyl adjacent to an activating group) is 1. The van der Waals surface area contributed by atoms with Crippen molar-refractivity contribution < 1.29 is 8.42 Å². The number of sulfonamides is 1. The highest BCUT2D eigenvalue weighted by molar-refractivity contribution is 7.91. The van der Waals surface area contributed by atoms with Gasteiger partial charge in [-0.3, -0.25) is 0 Å². The summed E-state index contributed by atoms with van der Waals surface area (Å²) in [5, 5.41) is 0. The van der Waals surface area contributed by atoms with E-state index in [1.54, 1.807) is 6.07 Å². The average Bonchev–Trinajstić information content (AvgIpc) is 2.75. The predicted octanol–water partition coefficient (Wildman–Crippen LogP) is 1.84. The van der Waals surface area contributed by atoms with Crippen LogP contribution in [0.1, 0.15) is 18.7 Å². The van der Waals surface area contributed by atoms with Gasteiger partial charge < -0.3 is 5.73 Å². The lowest BCUT2D eigenvalue weighted by Crippen LogP contribution is -2.31. The van der Waals surface area contributed by atoms with Crippen molar-refractivity contribution in [3.8, 4) is 0 Å². The maximum Gasteiger partial charge on any atom is 0.252 e. The van der Waals surface area contributed by atoms with Crippen LogP contribution in [-0.2, 0) is 16.4 Å². The van der Waals surface area contributed by atoms with E-state index in [0.29, 0.717) is 30.3 Å². The zero-order valence-corrected chi connectivity index (χ0v) is 12.5. The lowest BCUT2D eigenvalue weighted by atomic mass is 10.3. The number of nitrogens with zero attached hydrogens (tertiary/aromatic N) is 1. The van der Waals surface area contributed by atoms with E-state index in [4.69, 9.17) is 5.73 Å². The fourth-order valence-corrected chi connectivity index (χ4v) is 4.60. The standard InChI is InChI=1S/C12H20N2O2S2/c1-4-14(9-10(2)3)18(15,16)12-6-5-11(17-12)7-8-13/h5-6H,2,4,7-9,13H2,1,3H3. The summed E-state index contributed by atoms with van der Waals surface area (Å²) in [5.41, 5.74) is 6.30. The molecule has 0 saturated carbocycles. The molecule has 0 unspecified atom stereocenters. The summed E-state index contributed by atoms with van der Waals surface area (Å²) in [6, 6.07) is 3.49. The molecule has 0 aromatic carbocycles. The highest BCUT2D eigenvalue weighted by atomic mass is 32.2. The highest BCUT2D eigenvalue weighted by Crippen LogP contribution is 2.25. The van der Waals surface area contributed by atoms with Crippen molar-refractivity contribution in [1.29, 1.82) is 0 Å². The van der Waals surface area contributed by atoms with Gasteiger partial charge in [0.25, 0.3) is 10.0 Å². The van der Waals surface area contributed by atoms with Gasteiger partial charge in [-0.15, -0.1) is 11.3 Å². The minimum atomic E-state index is -3.39. The van der Waals surface area contributed by atoms with E-state index in [0.717, 1.165) is 10.5 Å². The van der Waals surface area contributed by atoms with Crippen molar-refractivity contribution >= 4 is 21.4 Å². The van der Waals surface area contributed by atoms with Crippen LogP contribution in [0.5, 0.6) is 0 Å². The molecular weight excluding hydrogens is 268 g/mol. The molecule has 1 heterocycles. The van der Waals surface area contributed by atoms with Gasteiger partial charge in [0.05, 0.1) is 0 Å². The first-order valence-corrected chi connectivity index (χ1v) is 8.10. The molecule has 1 aromatic heterocycles. The summed E-state index contributed by atoms with van der Waals surface area (Å²) >= 11 is 1.30. The average molecular weight is 288 g/mol. The van der Waals surface area contributed by atoms with E-state index in [-0.39, 0.29) is 0 Å². The lowest BCUT2D eigenvalue weighted by Gasteiger charge is -2.19. The second-order valence-electron chi connectivity index (χ2n) is 4.15. The molecule has 0 bridgehead atoms. The van der Waals surface area contributed by atoms with Crippen LogP contribution in [0.3, 0.4) is 0 Å².